The molecule has 0 unspecified atom stereocenters. The van der Waals surface area contributed by atoms with E-state index in [9.17, 15) is 9.59 Å². The number of nitrogens with zero attached hydrogens (tertiary/aromatic N) is 1. The van der Waals surface area contributed by atoms with Crippen LogP contribution in [0.25, 0.3) is 0 Å². The van der Waals surface area contributed by atoms with Crippen molar-refractivity contribution < 1.29 is 14.0 Å². The second kappa shape index (κ2) is 7.19. The molecular weight excluding hydrogens is 258 g/mol. The highest BCUT2D eigenvalue weighted by atomic mass is 28.4. The Labute approximate surface area is 118 Å². The third-order valence-electron chi connectivity index (χ3n) is 3.62. The molecule has 0 fully saturated rings. The van der Waals surface area contributed by atoms with Crippen LogP contribution in [0.3, 0.4) is 0 Å². The molecule has 19 heavy (non-hydrogen) atoms. The van der Waals surface area contributed by atoms with Crippen molar-refractivity contribution in [2.24, 2.45) is 0 Å². The van der Waals surface area contributed by atoms with Gasteiger partial charge in [-0.1, -0.05) is 20.8 Å². The Bertz CT molecular complexity index is 319. The highest BCUT2D eigenvalue weighted by Gasteiger charge is 2.40. The molecule has 0 rings (SSSR count). The van der Waals surface area contributed by atoms with Gasteiger partial charge in [-0.05, 0) is 32.2 Å². The quantitative estimate of drug-likeness (QED) is 0.676. The molecule has 0 aromatic carbocycles. The fraction of sp³-hybridized carbons (Fsp3) is 0.857. The SMILES string of the molecule is CN(C)CCC(=O)CCC(=O)O[Si](C)(C)C(C)(C)C. The smallest absolute Gasteiger partial charge is 0.292 e. The summed E-state index contributed by atoms with van der Waals surface area (Å²) in [6, 6.07) is 0. The van der Waals surface area contributed by atoms with E-state index >= 15 is 0 Å². The molecule has 0 radical (unpaired) electrons. The number of hydrogen-bond acceptors (Lipinski definition) is 4. The van der Waals surface area contributed by atoms with Crippen LogP contribution in [0.4, 0.5) is 0 Å². The molecule has 0 aliphatic heterocycles. The Morgan fingerprint density at radius 3 is 2.00 bits per heavy atom. The van der Waals surface area contributed by atoms with E-state index in [-0.39, 0.29) is 23.2 Å². The molecule has 0 spiro atoms. The number of carbonyl (C=O) groups excluding carboxylic acids is 2. The third kappa shape index (κ3) is 7.47. The van der Waals surface area contributed by atoms with Crippen LogP contribution in [0.5, 0.6) is 0 Å². The van der Waals surface area contributed by atoms with Gasteiger partial charge in [0.2, 0.25) is 0 Å². The van der Waals surface area contributed by atoms with Crippen LogP contribution in [-0.2, 0) is 14.0 Å². The summed E-state index contributed by atoms with van der Waals surface area (Å²) in [5.74, 6) is -0.106. The number of rotatable bonds is 7. The molecular formula is C14H29NO3Si. The summed E-state index contributed by atoms with van der Waals surface area (Å²) in [6.45, 7) is 11.1. The average Bonchev–Trinajstić information content (AvgIpc) is 2.21. The second-order valence-electron chi connectivity index (χ2n) is 6.83. The Morgan fingerprint density at radius 2 is 1.58 bits per heavy atom. The lowest BCUT2D eigenvalue weighted by Crippen LogP contribution is -2.42. The van der Waals surface area contributed by atoms with Crippen molar-refractivity contribution in [1.29, 1.82) is 0 Å². The van der Waals surface area contributed by atoms with Gasteiger partial charge in [0.15, 0.2) is 0 Å². The minimum absolute atomic E-state index is 0.0115. The number of Topliss-reactive ketones (excluding diaryl/α,β-unsaturated/α-hetero) is 1. The maximum atomic E-state index is 11.8. The zero-order valence-corrected chi connectivity index (χ0v) is 14.5. The predicted octanol–water partition coefficient (Wildman–Crippen LogP) is 2.84. The molecule has 0 heterocycles. The molecule has 0 N–H and O–H groups in total. The van der Waals surface area contributed by atoms with Crippen LogP contribution in [0.1, 0.15) is 40.0 Å². The Hall–Kier alpha value is -0.683. The maximum Gasteiger partial charge on any atom is 0.292 e. The second-order valence-corrected chi connectivity index (χ2v) is 11.6. The zero-order chi connectivity index (χ0) is 15.3. The maximum absolute atomic E-state index is 11.8. The van der Waals surface area contributed by atoms with E-state index in [0.29, 0.717) is 12.8 Å². The first-order valence-electron chi connectivity index (χ1n) is 6.84. The summed E-state index contributed by atoms with van der Waals surface area (Å²) in [5, 5.41) is 0.0115. The van der Waals surface area contributed by atoms with Crippen molar-refractivity contribution in [3.63, 3.8) is 0 Å². The van der Waals surface area contributed by atoms with Crippen molar-refractivity contribution in [3.05, 3.63) is 0 Å². The first-order valence-corrected chi connectivity index (χ1v) is 9.75. The van der Waals surface area contributed by atoms with E-state index in [4.69, 9.17) is 4.43 Å². The van der Waals surface area contributed by atoms with E-state index in [1.165, 1.54) is 0 Å². The van der Waals surface area contributed by atoms with Crippen LogP contribution in [-0.4, -0.2) is 45.6 Å². The van der Waals surface area contributed by atoms with Crippen LogP contribution in [0, 0.1) is 0 Å². The van der Waals surface area contributed by atoms with Gasteiger partial charge in [-0.2, -0.15) is 0 Å². The van der Waals surface area contributed by atoms with Crippen molar-refractivity contribution in [3.8, 4) is 0 Å². The van der Waals surface area contributed by atoms with Crippen LogP contribution in [0.2, 0.25) is 18.1 Å². The number of hydrogen-bond donors (Lipinski definition) is 0. The van der Waals surface area contributed by atoms with E-state index in [1.807, 2.05) is 32.1 Å². The molecule has 0 bridgehead atoms. The highest BCUT2D eigenvalue weighted by Crippen LogP contribution is 2.36. The number of ketones is 1. The van der Waals surface area contributed by atoms with Gasteiger partial charge in [0, 0.05) is 19.4 Å². The molecule has 0 aromatic heterocycles. The molecule has 0 aliphatic rings. The topological polar surface area (TPSA) is 46.6 Å². The standard InChI is InChI=1S/C14H29NO3Si/c1-14(2,3)19(6,7)18-13(17)9-8-12(16)10-11-15(4)5/h8-11H2,1-7H3. The number of carbonyl (C=O) groups is 2. The molecule has 0 atom stereocenters. The molecule has 0 aliphatic carbocycles. The van der Waals surface area contributed by atoms with Gasteiger partial charge < -0.3 is 9.33 Å². The Balaban J connectivity index is 4.10. The summed E-state index contributed by atoms with van der Waals surface area (Å²) in [5.41, 5.74) is 0. The largest absolute Gasteiger partial charge is 0.519 e. The zero-order valence-electron chi connectivity index (χ0n) is 13.5. The molecule has 112 valence electrons. The highest BCUT2D eigenvalue weighted by molar-refractivity contribution is 6.75. The molecule has 4 nitrogen and oxygen atoms in total. The van der Waals surface area contributed by atoms with Gasteiger partial charge in [0.1, 0.15) is 5.78 Å². The first-order chi connectivity index (χ1) is 8.45. The van der Waals surface area contributed by atoms with E-state index < -0.39 is 8.32 Å². The average molecular weight is 287 g/mol. The third-order valence-corrected chi connectivity index (χ3v) is 7.97. The van der Waals surface area contributed by atoms with Crippen LogP contribution < -0.4 is 0 Å². The summed E-state index contributed by atoms with van der Waals surface area (Å²) in [4.78, 5) is 25.4. The summed E-state index contributed by atoms with van der Waals surface area (Å²) >= 11 is 0. The van der Waals surface area contributed by atoms with Gasteiger partial charge in [-0.25, -0.2) is 0 Å². The van der Waals surface area contributed by atoms with Crippen molar-refractivity contribution in [2.75, 3.05) is 20.6 Å². The molecule has 0 aromatic rings. The van der Waals surface area contributed by atoms with Crippen LogP contribution in [0.15, 0.2) is 0 Å². The van der Waals surface area contributed by atoms with Crippen LogP contribution >= 0.6 is 0 Å². The summed E-state index contributed by atoms with van der Waals surface area (Å²) in [6.07, 6.45) is 1.00. The fourth-order valence-electron chi connectivity index (χ4n) is 1.20. The lowest BCUT2D eigenvalue weighted by molar-refractivity contribution is -0.137. The normalized spacial score (nSPS) is 12.6. The summed E-state index contributed by atoms with van der Waals surface area (Å²) in [7, 11) is 1.81. The molecule has 0 amide bonds. The minimum Gasteiger partial charge on any atom is -0.519 e. The van der Waals surface area contributed by atoms with Crippen molar-refractivity contribution >= 4 is 20.1 Å². The van der Waals surface area contributed by atoms with E-state index in [2.05, 4.69) is 20.8 Å². The van der Waals surface area contributed by atoms with Crippen molar-refractivity contribution in [1.82, 2.24) is 4.90 Å². The van der Waals surface area contributed by atoms with Crippen molar-refractivity contribution in [2.45, 2.75) is 58.2 Å². The van der Waals surface area contributed by atoms with Gasteiger partial charge in [-0.3, -0.25) is 9.59 Å². The summed E-state index contributed by atoms with van der Waals surface area (Å²) < 4.78 is 5.62. The molecule has 0 saturated carbocycles. The first kappa shape index (κ1) is 18.3. The molecule has 5 heteroatoms. The lowest BCUT2D eigenvalue weighted by Gasteiger charge is -2.35. The monoisotopic (exact) mass is 287 g/mol. The fourth-order valence-corrected chi connectivity index (χ4v) is 2.18. The van der Waals surface area contributed by atoms with Gasteiger partial charge in [0.25, 0.3) is 14.3 Å². The predicted molar refractivity (Wildman–Crippen MR) is 80.7 cm³/mol. The Kier molecular flexibility index (Phi) is 6.93. The minimum atomic E-state index is -2.05. The van der Waals surface area contributed by atoms with Gasteiger partial charge in [-0.15, -0.1) is 0 Å². The van der Waals surface area contributed by atoms with Gasteiger partial charge in [0.05, 0.1) is 6.42 Å². The van der Waals surface area contributed by atoms with Gasteiger partial charge >= 0.3 is 0 Å². The Morgan fingerprint density at radius 1 is 1.05 bits per heavy atom. The van der Waals surface area contributed by atoms with E-state index in [0.717, 1.165) is 6.54 Å². The molecule has 0 saturated heterocycles. The lowest BCUT2D eigenvalue weighted by atomic mass is 10.1. The van der Waals surface area contributed by atoms with E-state index in [1.54, 1.807) is 0 Å².